The Bertz CT molecular complexity index is 479. The van der Waals surface area contributed by atoms with E-state index in [4.69, 9.17) is 14.2 Å². The standard InChI is InChI=1S/C16H23NO6/c1-3-21-14(18)11-10-13(15(19)22-4-2)17-16(20)23-12-8-6-5-7-9-12/h5-9,13,15,19H,3-4,10-11H2,1-2H3,(H,17,20). The first-order valence-electron chi connectivity index (χ1n) is 7.55. The van der Waals surface area contributed by atoms with Gasteiger partial charge in [-0.05, 0) is 32.4 Å². The quantitative estimate of drug-likeness (QED) is 0.531. The van der Waals surface area contributed by atoms with Crippen LogP contribution >= 0.6 is 0 Å². The molecule has 0 heterocycles. The van der Waals surface area contributed by atoms with Gasteiger partial charge < -0.3 is 24.6 Å². The summed E-state index contributed by atoms with van der Waals surface area (Å²) >= 11 is 0. The van der Waals surface area contributed by atoms with Crippen LogP contribution in [0.3, 0.4) is 0 Å². The van der Waals surface area contributed by atoms with Gasteiger partial charge in [0.15, 0.2) is 6.29 Å². The number of carbonyl (C=O) groups is 2. The lowest BCUT2D eigenvalue weighted by Crippen LogP contribution is -2.46. The SMILES string of the molecule is CCOC(=O)CCC(NC(=O)Oc1ccccc1)C(O)OCC. The highest BCUT2D eigenvalue weighted by Gasteiger charge is 2.23. The van der Waals surface area contributed by atoms with E-state index in [1.165, 1.54) is 0 Å². The van der Waals surface area contributed by atoms with Crippen molar-refractivity contribution in [1.29, 1.82) is 0 Å². The number of benzene rings is 1. The van der Waals surface area contributed by atoms with Crippen molar-refractivity contribution in [3.63, 3.8) is 0 Å². The van der Waals surface area contributed by atoms with Gasteiger partial charge in [-0.15, -0.1) is 0 Å². The average molecular weight is 325 g/mol. The lowest BCUT2D eigenvalue weighted by molar-refractivity contribution is -0.145. The molecule has 0 fully saturated rings. The second-order valence-corrected chi connectivity index (χ2v) is 4.64. The zero-order chi connectivity index (χ0) is 17.1. The summed E-state index contributed by atoms with van der Waals surface area (Å²) < 4.78 is 15.0. The van der Waals surface area contributed by atoms with Crippen LogP contribution in [-0.2, 0) is 14.3 Å². The number of carbonyl (C=O) groups excluding carboxylic acids is 2. The largest absolute Gasteiger partial charge is 0.466 e. The zero-order valence-electron chi connectivity index (χ0n) is 13.4. The molecule has 0 aliphatic carbocycles. The molecule has 0 aromatic heterocycles. The van der Waals surface area contributed by atoms with Crippen molar-refractivity contribution in [2.24, 2.45) is 0 Å². The lowest BCUT2D eigenvalue weighted by atomic mass is 10.1. The minimum absolute atomic E-state index is 0.0499. The van der Waals surface area contributed by atoms with E-state index in [-0.39, 0.29) is 26.1 Å². The predicted octanol–water partition coefficient (Wildman–Crippen LogP) is 1.84. The highest BCUT2D eigenvalue weighted by Crippen LogP contribution is 2.10. The van der Waals surface area contributed by atoms with Gasteiger partial charge in [0.05, 0.1) is 12.6 Å². The monoisotopic (exact) mass is 325 g/mol. The van der Waals surface area contributed by atoms with Crippen LogP contribution in [-0.4, -0.2) is 42.7 Å². The zero-order valence-corrected chi connectivity index (χ0v) is 13.4. The molecule has 1 aromatic carbocycles. The van der Waals surface area contributed by atoms with E-state index in [1.54, 1.807) is 44.2 Å². The molecule has 0 spiro atoms. The topological polar surface area (TPSA) is 94.1 Å². The Morgan fingerprint density at radius 2 is 1.87 bits per heavy atom. The van der Waals surface area contributed by atoms with Gasteiger partial charge in [-0.25, -0.2) is 4.79 Å². The van der Waals surface area contributed by atoms with E-state index in [0.717, 1.165) is 0 Å². The molecule has 2 atom stereocenters. The fourth-order valence-corrected chi connectivity index (χ4v) is 1.86. The van der Waals surface area contributed by atoms with Gasteiger partial charge in [-0.1, -0.05) is 18.2 Å². The molecule has 0 bridgehead atoms. The van der Waals surface area contributed by atoms with E-state index in [2.05, 4.69) is 5.32 Å². The number of hydrogen-bond acceptors (Lipinski definition) is 6. The lowest BCUT2D eigenvalue weighted by Gasteiger charge is -2.23. The third-order valence-corrected chi connectivity index (χ3v) is 2.90. The average Bonchev–Trinajstić information content (AvgIpc) is 2.52. The van der Waals surface area contributed by atoms with Crippen molar-refractivity contribution >= 4 is 12.1 Å². The number of para-hydroxylation sites is 1. The number of aliphatic hydroxyl groups excluding tert-OH is 1. The van der Waals surface area contributed by atoms with E-state index in [0.29, 0.717) is 5.75 Å². The molecular formula is C16H23NO6. The van der Waals surface area contributed by atoms with E-state index >= 15 is 0 Å². The van der Waals surface area contributed by atoms with Crippen LogP contribution in [0.5, 0.6) is 5.75 Å². The third kappa shape index (κ3) is 7.62. The van der Waals surface area contributed by atoms with Crippen LogP contribution < -0.4 is 10.1 Å². The van der Waals surface area contributed by atoms with Crippen molar-refractivity contribution in [3.05, 3.63) is 30.3 Å². The van der Waals surface area contributed by atoms with Crippen molar-refractivity contribution in [2.45, 2.75) is 39.0 Å². The summed E-state index contributed by atoms with van der Waals surface area (Å²) in [7, 11) is 0. The summed E-state index contributed by atoms with van der Waals surface area (Å²) in [6.45, 7) is 3.97. The molecule has 0 saturated carbocycles. The smallest absolute Gasteiger partial charge is 0.412 e. The predicted molar refractivity (Wildman–Crippen MR) is 82.9 cm³/mol. The van der Waals surface area contributed by atoms with Gasteiger partial charge in [0, 0.05) is 13.0 Å². The molecule has 0 aliphatic heterocycles. The van der Waals surface area contributed by atoms with Crippen LogP contribution in [0.15, 0.2) is 30.3 Å². The van der Waals surface area contributed by atoms with Gasteiger partial charge in [0.2, 0.25) is 0 Å². The minimum Gasteiger partial charge on any atom is -0.466 e. The molecule has 0 aliphatic rings. The second kappa shape index (κ2) is 10.6. The Morgan fingerprint density at radius 3 is 2.48 bits per heavy atom. The fourth-order valence-electron chi connectivity index (χ4n) is 1.86. The van der Waals surface area contributed by atoms with Gasteiger partial charge >= 0.3 is 12.1 Å². The van der Waals surface area contributed by atoms with Crippen molar-refractivity contribution < 1.29 is 28.9 Å². The Kier molecular flexibility index (Phi) is 8.71. The van der Waals surface area contributed by atoms with Crippen LogP contribution in [0.2, 0.25) is 0 Å². The highest BCUT2D eigenvalue weighted by molar-refractivity contribution is 5.71. The summed E-state index contributed by atoms with van der Waals surface area (Å²) in [5.74, 6) is -0.0283. The molecule has 1 aromatic rings. The summed E-state index contributed by atoms with van der Waals surface area (Å²) in [6, 6.07) is 7.74. The normalized spacial score (nSPS) is 13.0. The number of aliphatic hydroxyl groups is 1. The summed E-state index contributed by atoms with van der Waals surface area (Å²) in [4.78, 5) is 23.3. The fraction of sp³-hybridized carbons (Fsp3) is 0.500. The molecule has 0 radical (unpaired) electrons. The number of rotatable bonds is 9. The van der Waals surface area contributed by atoms with Crippen LogP contribution in [0.4, 0.5) is 4.79 Å². The molecule has 23 heavy (non-hydrogen) atoms. The number of nitrogens with one attached hydrogen (secondary N) is 1. The van der Waals surface area contributed by atoms with E-state index in [9.17, 15) is 14.7 Å². The molecular weight excluding hydrogens is 302 g/mol. The number of ether oxygens (including phenoxy) is 3. The first-order chi connectivity index (χ1) is 11.1. The highest BCUT2D eigenvalue weighted by atomic mass is 16.6. The van der Waals surface area contributed by atoms with Gasteiger partial charge in [-0.2, -0.15) is 0 Å². The molecule has 0 saturated heterocycles. The van der Waals surface area contributed by atoms with Crippen molar-refractivity contribution in [3.8, 4) is 5.75 Å². The van der Waals surface area contributed by atoms with Gasteiger partial charge in [0.1, 0.15) is 5.75 Å². The van der Waals surface area contributed by atoms with Crippen LogP contribution in [0, 0.1) is 0 Å². The van der Waals surface area contributed by atoms with Crippen molar-refractivity contribution in [1.82, 2.24) is 5.32 Å². The number of amides is 1. The minimum atomic E-state index is -1.24. The third-order valence-electron chi connectivity index (χ3n) is 2.90. The Hall–Kier alpha value is -2.12. The molecule has 2 N–H and O–H groups in total. The Morgan fingerprint density at radius 1 is 1.17 bits per heavy atom. The summed E-state index contributed by atoms with van der Waals surface area (Å²) in [5.41, 5.74) is 0. The Balaban J connectivity index is 2.57. The maximum absolute atomic E-state index is 11.9. The number of hydrogen-bond donors (Lipinski definition) is 2. The van der Waals surface area contributed by atoms with E-state index < -0.39 is 24.4 Å². The molecule has 128 valence electrons. The van der Waals surface area contributed by atoms with Crippen LogP contribution in [0.1, 0.15) is 26.7 Å². The first-order valence-corrected chi connectivity index (χ1v) is 7.55. The maximum Gasteiger partial charge on any atom is 0.412 e. The maximum atomic E-state index is 11.9. The molecule has 1 amide bonds. The molecule has 7 heteroatoms. The molecule has 2 unspecified atom stereocenters. The summed E-state index contributed by atoms with van der Waals surface area (Å²) in [5, 5.41) is 12.4. The van der Waals surface area contributed by atoms with Crippen molar-refractivity contribution in [2.75, 3.05) is 13.2 Å². The number of esters is 1. The van der Waals surface area contributed by atoms with Crippen LogP contribution in [0.25, 0.3) is 0 Å². The van der Waals surface area contributed by atoms with Gasteiger partial charge in [0.25, 0.3) is 0 Å². The molecule has 1 rings (SSSR count). The van der Waals surface area contributed by atoms with Gasteiger partial charge in [-0.3, -0.25) is 4.79 Å². The summed E-state index contributed by atoms with van der Waals surface area (Å²) in [6.07, 6.45) is -1.75. The second-order valence-electron chi connectivity index (χ2n) is 4.64. The Labute approximate surface area is 135 Å². The molecule has 7 nitrogen and oxygen atoms in total. The van der Waals surface area contributed by atoms with E-state index in [1.807, 2.05) is 0 Å². The first kappa shape index (κ1) is 18.9.